The van der Waals surface area contributed by atoms with Gasteiger partial charge in [-0.1, -0.05) is 29.3 Å². The molecule has 2 aliphatic rings. The fourth-order valence-corrected chi connectivity index (χ4v) is 5.45. The standard InChI is InChI=1S/C23H35BrN3O8P/c1-5-6-16(3)33-22(28)17(4)26-36(30,35-19-9-7-18(24)8-10-19)32-14-21-31-13-20(34-21)27-12-11-15(2)25-23(27)29/h7-10,15-17,20-21H,5-6,11-14H2,1-4H3,(H,25,29)(H,26,30)/t15?,16-,17-,20-,21-,36?/m0/s1. The van der Waals surface area contributed by atoms with Gasteiger partial charge in [0.25, 0.3) is 0 Å². The third-order valence-corrected chi connectivity index (χ3v) is 7.82. The van der Waals surface area contributed by atoms with Gasteiger partial charge >= 0.3 is 19.7 Å². The number of carbonyl (C=O) groups is 2. The summed E-state index contributed by atoms with van der Waals surface area (Å²) in [6.07, 6.45) is 0.639. The summed E-state index contributed by atoms with van der Waals surface area (Å²) in [6.45, 7) is 7.70. The molecule has 6 atom stereocenters. The summed E-state index contributed by atoms with van der Waals surface area (Å²) < 4.78 is 42.6. The lowest BCUT2D eigenvalue weighted by atomic mass is 10.2. The Labute approximate surface area is 220 Å². The molecule has 2 aliphatic heterocycles. The van der Waals surface area contributed by atoms with Crippen LogP contribution in [0.25, 0.3) is 0 Å². The van der Waals surface area contributed by atoms with Crippen molar-refractivity contribution in [3.05, 3.63) is 28.7 Å². The maximum Gasteiger partial charge on any atom is 0.459 e. The molecule has 0 bridgehead atoms. The highest BCUT2D eigenvalue weighted by molar-refractivity contribution is 9.10. The second-order valence-corrected chi connectivity index (χ2v) is 11.5. The predicted molar refractivity (Wildman–Crippen MR) is 135 cm³/mol. The summed E-state index contributed by atoms with van der Waals surface area (Å²) in [7, 11) is -4.07. The maximum atomic E-state index is 13.7. The monoisotopic (exact) mass is 591 g/mol. The Morgan fingerprint density at radius 3 is 2.72 bits per heavy atom. The van der Waals surface area contributed by atoms with E-state index in [1.54, 1.807) is 36.1 Å². The highest BCUT2D eigenvalue weighted by Crippen LogP contribution is 2.45. The number of halogens is 1. The number of benzene rings is 1. The third kappa shape index (κ3) is 8.43. The molecule has 0 spiro atoms. The van der Waals surface area contributed by atoms with Crippen LogP contribution in [0.1, 0.15) is 47.0 Å². The van der Waals surface area contributed by atoms with Gasteiger partial charge in [-0.15, -0.1) is 0 Å². The Hall–Kier alpha value is -1.69. The Balaban J connectivity index is 1.62. The van der Waals surface area contributed by atoms with E-state index in [1.807, 2.05) is 13.8 Å². The van der Waals surface area contributed by atoms with Gasteiger partial charge in [-0.2, -0.15) is 5.09 Å². The number of hydrogen-bond acceptors (Lipinski definition) is 8. The summed E-state index contributed by atoms with van der Waals surface area (Å²) in [4.78, 5) is 26.4. The van der Waals surface area contributed by atoms with E-state index in [0.29, 0.717) is 13.0 Å². The lowest BCUT2D eigenvalue weighted by molar-refractivity contribution is -0.150. The zero-order chi connectivity index (χ0) is 26.3. The van der Waals surface area contributed by atoms with Crippen LogP contribution in [-0.4, -0.2) is 67.4 Å². The summed E-state index contributed by atoms with van der Waals surface area (Å²) in [6, 6.07) is 5.58. The molecule has 0 saturated carbocycles. The van der Waals surface area contributed by atoms with Crippen molar-refractivity contribution in [1.82, 2.24) is 15.3 Å². The van der Waals surface area contributed by atoms with Crippen molar-refractivity contribution in [1.29, 1.82) is 0 Å². The molecule has 0 aromatic heterocycles. The third-order valence-electron chi connectivity index (χ3n) is 5.65. The van der Waals surface area contributed by atoms with Crippen LogP contribution in [0.2, 0.25) is 0 Å². The van der Waals surface area contributed by atoms with Crippen molar-refractivity contribution in [3.8, 4) is 5.75 Å². The number of hydrogen-bond donors (Lipinski definition) is 2. The number of amides is 2. The molecule has 2 saturated heterocycles. The number of ether oxygens (including phenoxy) is 3. The van der Waals surface area contributed by atoms with Gasteiger partial charge in [0.05, 0.1) is 12.7 Å². The van der Waals surface area contributed by atoms with Crippen LogP contribution >= 0.6 is 23.7 Å². The first kappa shape index (κ1) is 28.9. The molecule has 2 amide bonds. The van der Waals surface area contributed by atoms with Gasteiger partial charge in [-0.25, -0.2) is 9.36 Å². The van der Waals surface area contributed by atoms with Crippen molar-refractivity contribution in [3.63, 3.8) is 0 Å². The van der Waals surface area contributed by atoms with Gasteiger partial charge in [0.2, 0.25) is 0 Å². The number of urea groups is 1. The Kier molecular flexibility index (Phi) is 10.6. The first-order chi connectivity index (χ1) is 17.1. The van der Waals surface area contributed by atoms with E-state index in [1.165, 1.54) is 6.92 Å². The molecule has 202 valence electrons. The first-order valence-corrected chi connectivity index (χ1v) is 14.4. The number of nitrogens with zero attached hydrogens (tertiary/aromatic N) is 1. The van der Waals surface area contributed by atoms with Gasteiger partial charge in [-0.3, -0.25) is 14.2 Å². The molecule has 2 unspecified atom stereocenters. The summed E-state index contributed by atoms with van der Waals surface area (Å²) in [5, 5.41) is 5.51. The molecule has 0 radical (unpaired) electrons. The van der Waals surface area contributed by atoms with Crippen molar-refractivity contribution >= 4 is 35.7 Å². The minimum atomic E-state index is -4.07. The molecule has 1 aromatic rings. The average molecular weight is 592 g/mol. The van der Waals surface area contributed by atoms with Crippen molar-refractivity contribution in [2.75, 3.05) is 19.8 Å². The van der Waals surface area contributed by atoms with Crippen molar-refractivity contribution < 1.29 is 37.4 Å². The number of esters is 1. The second-order valence-electron chi connectivity index (χ2n) is 8.91. The van der Waals surface area contributed by atoms with Crippen LogP contribution in [0.4, 0.5) is 4.79 Å². The van der Waals surface area contributed by atoms with Crippen molar-refractivity contribution in [2.24, 2.45) is 0 Å². The Morgan fingerprint density at radius 2 is 2.06 bits per heavy atom. The molecule has 36 heavy (non-hydrogen) atoms. The minimum Gasteiger partial charge on any atom is -0.462 e. The SMILES string of the molecule is CCC[C@H](C)OC(=O)[C@H](C)NP(=O)(OC[C@H]1OC[C@@H](N2CCC(C)NC2=O)O1)Oc1ccc(Br)cc1. The molecule has 3 rings (SSSR count). The van der Waals surface area contributed by atoms with Crippen LogP contribution in [-0.2, 0) is 28.1 Å². The van der Waals surface area contributed by atoms with Gasteiger partial charge < -0.3 is 24.1 Å². The van der Waals surface area contributed by atoms with Gasteiger partial charge in [0.1, 0.15) is 18.4 Å². The number of rotatable bonds is 12. The number of nitrogens with one attached hydrogen (secondary N) is 2. The normalized spacial score (nSPS) is 25.5. The van der Waals surface area contributed by atoms with E-state index in [2.05, 4.69) is 26.3 Å². The molecular formula is C23H35BrN3O8P. The van der Waals surface area contributed by atoms with Crippen LogP contribution in [0.5, 0.6) is 5.75 Å². The maximum absolute atomic E-state index is 13.7. The van der Waals surface area contributed by atoms with Crippen LogP contribution in [0.3, 0.4) is 0 Å². The summed E-state index contributed by atoms with van der Waals surface area (Å²) in [5.41, 5.74) is 0. The van der Waals surface area contributed by atoms with Crippen LogP contribution in [0, 0.1) is 0 Å². The highest BCUT2D eigenvalue weighted by atomic mass is 79.9. The molecule has 2 N–H and O–H groups in total. The average Bonchev–Trinajstić information content (AvgIpc) is 3.28. The molecule has 0 aliphatic carbocycles. The van der Waals surface area contributed by atoms with E-state index in [0.717, 1.165) is 17.3 Å². The fraction of sp³-hybridized carbons (Fsp3) is 0.652. The topological polar surface area (TPSA) is 125 Å². The molecule has 2 fully saturated rings. The van der Waals surface area contributed by atoms with E-state index in [4.69, 9.17) is 23.3 Å². The molecule has 2 heterocycles. The van der Waals surface area contributed by atoms with Crippen LogP contribution in [0.15, 0.2) is 28.7 Å². The highest BCUT2D eigenvalue weighted by Gasteiger charge is 2.39. The zero-order valence-electron chi connectivity index (χ0n) is 21.0. The van der Waals surface area contributed by atoms with E-state index in [-0.39, 0.29) is 37.1 Å². The molecule has 1 aromatic carbocycles. The number of carbonyl (C=O) groups excluding carboxylic acids is 2. The molecular weight excluding hydrogens is 557 g/mol. The van der Waals surface area contributed by atoms with E-state index >= 15 is 0 Å². The summed E-state index contributed by atoms with van der Waals surface area (Å²) in [5.74, 6) is -0.294. The van der Waals surface area contributed by atoms with E-state index in [9.17, 15) is 14.2 Å². The van der Waals surface area contributed by atoms with E-state index < -0.39 is 32.3 Å². The van der Waals surface area contributed by atoms with Gasteiger partial charge in [0.15, 0.2) is 12.5 Å². The quantitative estimate of drug-likeness (QED) is 0.272. The fourth-order valence-electron chi connectivity index (χ4n) is 3.71. The van der Waals surface area contributed by atoms with Gasteiger partial charge in [-0.05, 0) is 57.9 Å². The zero-order valence-corrected chi connectivity index (χ0v) is 23.5. The lowest BCUT2D eigenvalue weighted by Crippen LogP contribution is -2.55. The first-order valence-electron chi connectivity index (χ1n) is 12.1. The lowest BCUT2D eigenvalue weighted by Gasteiger charge is -2.34. The Bertz CT molecular complexity index is 936. The molecule has 13 heteroatoms. The largest absolute Gasteiger partial charge is 0.462 e. The van der Waals surface area contributed by atoms with Gasteiger partial charge in [0, 0.05) is 17.1 Å². The Morgan fingerprint density at radius 1 is 1.33 bits per heavy atom. The second kappa shape index (κ2) is 13.2. The summed E-state index contributed by atoms with van der Waals surface area (Å²) >= 11 is 3.34. The smallest absolute Gasteiger partial charge is 0.459 e. The predicted octanol–water partition coefficient (Wildman–Crippen LogP) is 4.17. The minimum absolute atomic E-state index is 0.0987. The van der Waals surface area contributed by atoms with Crippen molar-refractivity contribution in [2.45, 2.75) is 77.7 Å². The molecule has 11 nitrogen and oxygen atoms in total. The van der Waals surface area contributed by atoms with Crippen LogP contribution < -0.4 is 14.9 Å².